The molecule has 0 saturated heterocycles. The molecule has 2 aromatic carbocycles. The molecule has 0 unspecified atom stereocenters. The third kappa shape index (κ3) is 3.72. The van der Waals surface area contributed by atoms with Gasteiger partial charge in [-0.05, 0) is 42.8 Å². The predicted octanol–water partition coefficient (Wildman–Crippen LogP) is 3.96. The lowest BCUT2D eigenvalue weighted by Gasteiger charge is -2.04. The Kier molecular flexibility index (Phi) is 5.04. The van der Waals surface area contributed by atoms with E-state index in [1.165, 1.54) is 29.2 Å². The molecule has 7 nitrogen and oxygen atoms in total. The first kappa shape index (κ1) is 19.2. The zero-order valence-corrected chi connectivity index (χ0v) is 17.7. The lowest BCUT2D eigenvalue weighted by molar-refractivity contribution is 0.580. The summed E-state index contributed by atoms with van der Waals surface area (Å²) in [6, 6.07) is 12.1. The Morgan fingerprint density at radius 2 is 1.93 bits per heavy atom. The second-order valence-electron chi connectivity index (χ2n) is 5.88. The molecule has 4 aromatic rings. The number of aryl methyl sites for hydroxylation is 1. The highest BCUT2D eigenvalue weighted by Crippen LogP contribution is 2.27. The average Bonchev–Trinajstić information content (AvgIpc) is 3.22. The molecule has 28 heavy (non-hydrogen) atoms. The fourth-order valence-electron chi connectivity index (χ4n) is 2.54. The van der Waals surface area contributed by atoms with E-state index in [0.717, 1.165) is 24.9 Å². The van der Waals surface area contributed by atoms with Crippen molar-refractivity contribution in [2.24, 2.45) is 0 Å². The van der Waals surface area contributed by atoms with E-state index in [1.54, 1.807) is 24.3 Å². The number of fused-ring (bicyclic) bond motifs is 1. The van der Waals surface area contributed by atoms with Crippen LogP contribution in [0.3, 0.4) is 0 Å². The van der Waals surface area contributed by atoms with Crippen LogP contribution in [0, 0.1) is 6.92 Å². The summed E-state index contributed by atoms with van der Waals surface area (Å²) in [7, 11) is -3.95. The molecule has 0 aliphatic heterocycles. The van der Waals surface area contributed by atoms with Crippen molar-refractivity contribution in [1.82, 2.24) is 19.2 Å². The van der Waals surface area contributed by atoms with Gasteiger partial charge in [0.2, 0.25) is 11.1 Å². The Labute approximate surface area is 174 Å². The molecule has 0 aliphatic carbocycles. The molecule has 0 atom stereocenters. The number of nitrogen functional groups attached to an aromatic ring is 1. The lowest BCUT2D eigenvalue weighted by Crippen LogP contribution is -2.17. The van der Waals surface area contributed by atoms with E-state index in [2.05, 4.69) is 15.1 Å². The SMILES string of the molecule is Cc1nc2ccc(S(=O)(=O)n3nc(SCc4ccc(Cl)cc4)nc3N)cc2s1. The van der Waals surface area contributed by atoms with E-state index in [-0.39, 0.29) is 16.0 Å². The summed E-state index contributed by atoms with van der Waals surface area (Å²) in [5, 5.41) is 5.89. The van der Waals surface area contributed by atoms with Crippen molar-refractivity contribution in [1.29, 1.82) is 0 Å². The summed E-state index contributed by atoms with van der Waals surface area (Å²) in [4.78, 5) is 8.51. The van der Waals surface area contributed by atoms with E-state index in [4.69, 9.17) is 17.3 Å². The third-order valence-electron chi connectivity index (χ3n) is 3.86. The van der Waals surface area contributed by atoms with Crippen molar-refractivity contribution in [2.75, 3.05) is 5.73 Å². The Bertz CT molecular complexity index is 1270. The number of hydrogen-bond donors (Lipinski definition) is 1. The maximum Gasteiger partial charge on any atom is 0.286 e. The maximum absolute atomic E-state index is 13.0. The Morgan fingerprint density at radius 1 is 1.18 bits per heavy atom. The average molecular weight is 452 g/mol. The molecule has 0 saturated carbocycles. The number of hydrogen-bond acceptors (Lipinski definition) is 8. The van der Waals surface area contributed by atoms with Crippen LogP contribution in [-0.4, -0.2) is 27.6 Å². The van der Waals surface area contributed by atoms with Gasteiger partial charge >= 0.3 is 0 Å². The number of halogens is 1. The molecule has 0 bridgehead atoms. The highest BCUT2D eigenvalue weighted by atomic mass is 35.5. The first-order chi connectivity index (χ1) is 13.3. The molecule has 144 valence electrons. The van der Waals surface area contributed by atoms with E-state index < -0.39 is 10.0 Å². The van der Waals surface area contributed by atoms with Crippen molar-refractivity contribution in [3.8, 4) is 0 Å². The van der Waals surface area contributed by atoms with Gasteiger partial charge in [-0.15, -0.1) is 20.5 Å². The number of thioether (sulfide) groups is 1. The van der Waals surface area contributed by atoms with Gasteiger partial charge in [0.25, 0.3) is 10.0 Å². The molecule has 2 heterocycles. The van der Waals surface area contributed by atoms with Crippen LogP contribution in [0.25, 0.3) is 10.2 Å². The van der Waals surface area contributed by atoms with E-state index >= 15 is 0 Å². The molecule has 0 amide bonds. The standard InChI is InChI=1S/C17H14ClN5O2S3/c1-10-20-14-7-6-13(8-15(14)27-10)28(24,25)23-16(19)21-17(22-23)26-9-11-2-4-12(18)5-3-11/h2-8H,9H2,1H3,(H2,19,21,22). The van der Waals surface area contributed by atoms with Crippen molar-refractivity contribution in [3.05, 3.63) is 58.1 Å². The van der Waals surface area contributed by atoms with Gasteiger partial charge in [0.1, 0.15) is 0 Å². The molecule has 0 spiro atoms. The fraction of sp³-hybridized carbons (Fsp3) is 0.118. The third-order valence-corrected chi connectivity index (χ3v) is 7.52. The number of rotatable bonds is 5. The van der Waals surface area contributed by atoms with Crippen LogP contribution in [0.2, 0.25) is 5.02 Å². The van der Waals surface area contributed by atoms with E-state index in [0.29, 0.717) is 10.8 Å². The first-order valence-electron chi connectivity index (χ1n) is 8.05. The molecule has 2 aromatic heterocycles. The minimum absolute atomic E-state index is 0.0921. The minimum Gasteiger partial charge on any atom is -0.367 e. The second kappa shape index (κ2) is 7.36. The van der Waals surface area contributed by atoms with Gasteiger partial charge in [-0.1, -0.05) is 35.5 Å². The quantitative estimate of drug-likeness (QED) is 0.458. The lowest BCUT2D eigenvalue weighted by atomic mass is 10.2. The van der Waals surface area contributed by atoms with Gasteiger partial charge in [0.15, 0.2) is 0 Å². The van der Waals surface area contributed by atoms with Gasteiger partial charge in [-0.3, -0.25) is 0 Å². The predicted molar refractivity (Wildman–Crippen MR) is 112 cm³/mol. The minimum atomic E-state index is -3.95. The van der Waals surface area contributed by atoms with Crippen LogP contribution in [0.4, 0.5) is 5.95 Å². The largest absolute Gasteiger partial charge is 0.367 e. The molecule has 11 heteroatoms. The van der Waals surface area contributed by atoms with Crippen molar-refractivity contribution in [3.63, 3.8) is 0 Å². The van der Waals surface area contributed by atoms with Crippen molar-refractivity contribution < 1.29 is 8.42 Å². The van der Waals surface area contributed by atoms with Crippen LogP contribution in [-0.2, 0) is 15.8 Å². The molecule has 2 N–H and O–H groups in total. The smallest absolute Gasteiger partial charge is 0.286 e. The number of thiazole rings is 1. The van der Waals surface area contributed by atoms with Gasteiger partial charge in [0.05, 0.1) is 20.1 Å². The summed E-state index contributed by atoms with van der Waals surface area (Å²) in [5.41, 5.74) is 7.61. The molecule has 0 fully saturated rings. The summed E-state index contributed by atoms with van der Waals surface area (Å²) in [6.07, 6.45) is 0. The Hall–Kier alpha value is -2.14. The number of aromatic nitrogens is 4. The zero-order valence-electron chi connectivity index (χ0n) is 14.5. The molecule has 0 aliphatic rings. The number of benzene rings is 2. The van der Waals surface area contributed by atoms with E-state index in [9.17, 15) is 8.42 Å². The van der Waals surface area contributed by atoms with Gasteiger partial charge in [0, 0.05) is 10.8 Å². The van der Waals surface area contributed by atoms with Crippen LogP contribution < -0.4 is 5.73 Å². The van der Waals surface area contributed by atoms with Gasteiger partial charge in [-0.25, -0.2) is 4.98 Å². The summed E-state index contributed by atoms with van der Waals surface area (Å²) in [5.74, 6) is 0.381. The van der Waals surface area contributed by atoms with Gasteiger partial charge < -0.3 is 5.73 Å². The summed E-state index contributed by atoms with van der Waals surface area (Å²) < 4.78 is 27.5. The number of nitrogens with two attached hydrogens (primary N) is 1. The second-order valence-corrected chi connectivity index (χ2v) is 10.3. The molecule has 4 rings (SSSR count). The summed E-state index contributed by atoms with van der Waals surface area (Å²) in [6.45, 7) is 1.87. The summed E-state index contributed by atoms with van der Waals surface area (Å²) >= 11 is 8.60. The highest BCUT2D eigenvalue weighted by Gasteiger charge is 2.23. The van der Waals surface area contributed by atoms with Crippen LogP contribution >= 0.6 is 34.7 Å². The van der Waals surface area contributed by atoms with Crippen LogP contribution in [0.1, 0.15) is 10.6 Å². The van der Waals surface area contributed by atoms with Crippen LogP contribution in [0.15, 0.2) is 52.5 Å². The molecule has 0 radical (unpaired) electrons. The van der Waals surface area contributed by atoms with Crippen LogP contribution in [0.5, 0.6) is 0 Å². The van der Waals surface area contributed by atoms with Crippen molar-refractivity contribution in [2.45, 2.75) is 22.7 Å². The molecular formula is C17H14ClN5O2S3. The zero-order chi connectivity index (χ0) is 19.9. The Balaban J connectivity index is 1.61. The topological polar surface area (TPSA) is 104 Å². The number of nitrogens with zero attached hydrogens (tertiary/aromatic N) is 4. The van der Waals surface area contributed by atoms with Crippen molar-refractivity contribution >= 4 is 60.9 Å². The first-order valence-corrected chi connectivity index (χ1v) is 11.7. The normalized spacial score (nSPS) is 11.9. The monoisotopic (exact) mass is 451 g/mol. The fourth-order valence-corrected chi connectivity index (χ4v) is 5.62. The Morgan fingerprint density at radius 3 is 2.68 bits per heavy atom. The van der Waals surface area contributed by atoms with E-state index in [1.807, 2.05) is 19.1 Å². The molecular weight excluding hydrogens is 438 g/mol. The maximum atomic E-state index is 13.0. The van der Waals surface area contributed by atoms with Gasteiger partial charge in [-0.2, -0.15) is 13.4 Å². The highest BCUT2D eigenvalue weighted by molar-refractivity contribution is 7.98. The number of anilines is 1.